The second kappa shape index (κ2) is 9.83. The molecule has 3 aromatic rings. The predicted octanol–water partition coefficient (Wildman–Crippen LogP) is 5.89. The van der Waals surface area contributed by atoms with Crippen molar-refractivity contribution in [2.24, 2.45) is 0 Å². The van der Waals surface area contributed by atoms with Crippen molar-refractivity contribution in [1.29, 1.82) is 0 Å². The van der Waals surface area contributed by atoms with E-state index in [0.717, 1.165) is 47.4 Å². The zero-order chi connectivity index (χ0) is 21.5. The Morgan fingerprint density at radius 3 is 2.20 bits per heavy atom. The molecule has 0 bridgehead atoms. The van der Waals surface area contributed by atoms with Gasteiger partial charge in [-0.15, -0.1) is 0 Å². The van der Waals surface area contributed by atoms with Crippen LogP contribution in [0.15, 0.2) is 60.8 Å². The van der Waals surface area contributed by atoms with Gasteiger partial charge in [-0.3, -0.25) is 9.78 Å². The van der Waals surface area contributed by atoms with Crippen LogP contribution >= 0.6 is 0 Å². The Kier molecular flexibility index (Phi) is 6.96. The molecule has 0 radical (unpaired) electrons. The summed E-state index contributed by atoms with van der Waals surface area (Å²) in [5, 5.41) is 9.18. The monoisotopic (exact) mass is 403 g/mol. The Hall–Kier alpha value is -3.47. The molecule has 5 heteroatoms. The van der Waals surface area contributed by atoms with Crippen molar-refractivity contribution in [3.05, 3.63) is 71.9 Å². The molecule has 0 saturated carbocycles. The lowest BCUT2D eigenvalue weighted by molar-refractivity contribution is 0.0696. The Labute approximate surface area is 176 Å². The second-order valence-electron chi connectivity index (χ2n) is 7.11. The van der Waals surface area contributed by atoms with E-state index >= 15 is 0 Å². The van der Waals surface area contributed by atoms with Gasteiger partial charge < -0.3 is 9.84 Å². The summed E-state index contributed by atoms with van der Waals surface area (Å²) in [6, 6.07) is 16.0. The van der Waals surface area contributed by atoms with Gasteiger partial charge in [0.15, 0.2) is 5.78 Å². The number of carbonyl (C=O) groups is 2. The van der Waals surface area contributed by atoms with E-state index < -0.39 is 5.97 Å². The molecule has 154 valence electrons. The van der Waals surface area contributed by atoms with Crippen molar-refractivity contribution >= 4 is 11.8 Å². The Morgan fingerprint density at radius 1 is 0.933 bits per heavy atom. The quantitative estimate of drug-likeness (QED) is 0.356. The highest BCUT2D eigenvalue weighted by Crippen LogP contribution is 2.32. The number of ketones is 1. The highest BCUT2D eigenvalue weighted by Gasteiger charge is 2.15. The normalized spacial score (nSPS) is 10.6. The van der Waals surface area contributed by atoms with E-state index in [0.29, 0.717) is 12.0 Å². The standard InChI is InChI=1S/C25H25NO4/c1-3-4-5-6-23(27)20-15-22(17-7-9-19(10-8-17)25(28)29)24(26-16-20)18-11-13-21(30-2)14-12-18/h7-16H,3-6H2,1-2H3,(H,28,29). The van der Waals surface area contributed by atoms with Gasteiger partial charge in [0.25, 0.3) is 0 Å². The van der Waals surface area contributed by atoms with E-state index in [2.05, 4.69) is 11.9 Å². The summed E-state index contributed by atoms with van der Waals surface area (Å²) < 4.78 is 5.23. The van der Waals surface area contributed by atoms with Crippen LogP contribution in [0.3, 0.4) is 0 Å². The van der Waals surface area contributed by atoms with E-state index in [-0.39, 0.29) is 11.3 Å². The lowest BCUT2D eigenvalue weighted by Gasteiger charge is -2.12. The lowest BCUT2D eigenvalue weighted by Crippen LogP contribution is -2.02. The molecule has 0 fully saturated rings. The molecule has 0 unspecified atom stereocenters. The average molecular weight is 403 g/mol. The molecular weight excluding hydrogens is 378 g/mol. The fourth-order valence-electron chi connectivity index (χ4n) is 3.29. The van der Waals surface area contributed by atoms with Gasteiger partial charge in [-0.2, -0.15) is 0 Å². The third kappa shape index (κ3) is 4.92. The molecule has 1 aromatic heterocycles. The number of rotatable bonds is 9. The molecule has 5 nitrogen and oxygen atoms in total. The first kappa shape index (κ1) is 21.2. The number of methoxy groups -OCH3 is 1. The van der Waals surface area contributed by atoms with Gasteiger partial charge in [-0.1, -0.05) is 31.9 Å². The summed E-state index contributed by atoms with van der Waals surface area (Å²) in [6.45, 7) is 2.11. The minimum Gasteiger partial charge on any atom is -0.497 e. The molecule has 0 saturated heterocycles. The minimum atomic E-state index is -0.977. The van der Waals surface area contributed by atoms with Crippen molar-refractivity contribution in [3.8, 4) is 28.1 Å². The SMILES string of the molecule is CCCCCC(=O)c1cnc(-c2ccc(OC)cc2)c(-c2ccc(C(=O)O)cc2)c1. The first-order valence-electron chi connectivity index (χ1n) is 10.0. The van der Waals surface area contributed by atoms with Crippen LogP contribution in [0.4, 0.5) is 0 Å². The van der Waals surface area contributed by atoms with Crippen molar-refractivity contribution < 1.29 is 19.4 Å². The van der Waals surface area contributed by atoms with Crippen LogP contribution in [-0.4, -0.2) is 29.0 Å². The summed E-state index contributed by atoms with van der Waals surface area (Å²) in [5.74, 6) is -0.163. The maximum atomic E-state index is 12.6. The Bertz CT molecular complexity index is 1020. The predicted molar refractivity (Wildman–Crippen MR) is 117 cm³/mol. The van der Waals surface area contributed by atoms with Gasteiger partial charge in [0.05, 0.1) is 18.4 Å². The molecule has 30 heavy (non-hydrogen) atoms. The topological polar surface area (TPSA) is 76.5 Å². The summed E-state index contributed by atoms with van der Waals surface area (Å²) in [4.78, 5) is 28.5. The first-order chi connectivity index (χ1) is 14.5. The van der Waals surface area contributed by atoms with Crippen molar-refractivity contribution in [3.63, 3.8) is 0 Å². The molecule has 0 aliphatic rings. The molecule has 3 rings (SSSR count). The summed E-state index contributed by atoms with van der Waals surface area (Å²) in [6.07, 6.45) is 5.06. The molecule has 2 aromatic carbocycles. The number of aromatic carboxylic acids is 1. The molecule has 0 atom stereocenters. The van der Waals surface area contributed by atoms with Gasteiger partial charge >= 0.3 is 5.97 Å². The smallest absolute Gasteiger partial charge is 0.335 e. The molecule has 0 spiro atoms. The number of hydrogen-bond acceptors (Lipinski definition) is 4. The number of carbonyl (C=O) groups excluding carboxylic acids is 1. The number of carboxylic acids is 1. The molecule has 1 N–H and O–H groups in total. The van der Waals surface area contributed by atoms with Crippen LogP contribution in [0.2, 0.25) is 0 Å². The highest BCUT2D eigenvalue weighted by atomic mass is 16.5. The van der Waals surface area contributed by atoms with Gasteiger partial charge in [0.2, 0.25) is 0 Å². The maximum Gasteiger partial charge on any atom is 0.335 e. The fourth-order valence-corrected chi connectivity index (χ4v) is 3.29. The van der Waals surface area contributed by atoms with Crippen molar-refractivity contribution in [2.45, 2.75) is 32.6 Å². The van der Waals surface area contributed by atoms with E-state index in [1.54, 1.807) is 37.6 Å². The van der Waals surface area contributed by atoms with Crippen molar-refractivity contribution in [1.82, 2.24) is 4.98 Å². The van der Waals surface area contributed by atoms with Gasteiger partial charge in [-0.05, 0) is 54.4 Å². The minimum absolute atomic E-state index is 0.0700. The summed E-state index contributed by atoms with van der Waals surface area (Å²) in [7, 11) is 1.61. The van der Waals surface area contributed by atoms with Crippen molar-refractivity contribution in [2.75, 3.05) is 7.11 Å². The summed E-state index contributed by atoms with van der Waals surface area (Å²) >= 11 is 0. The molecule has 0 aliphatic heterocycles. The summed E-state index contributed by atoms with van der Waals surface area (Å²) in [5.41, 5.74) is 3.99. The largest absolute Gasteiger partial charge is 0.497 e. The van der Waals surface area contributed by atoms with E-state index in [9.17, 15) is 14.7 Å². The number of aromatic nitrogens is 1. The Morgan fingerprint density at radius 2 is 1.60 bits per heavy atom. The second-order valence-corrected chi connectivity index (χ2v) is 7.11. The number of nitrogens with zero attached hydrogens (tertiary/aromatic N) is 1. The number of Topliss-reactive ketones (excluding diaryl/α,β-unsaturated/α-hetero) is 1. The van der Waals surface area contributed by atoms with Crippen LogP contribution in [0.1, 0.15) is 53.3 Å². The van der Waals surface area contributed by atoms with E-state index in [1.807, 2.05) is 30.3 Å². The number of hydrogen-bond donors (Lipinski definition) is 1. The zero-order valence-corrected chi connectivity index (χ0v) is 17.2. The Balaban J connectivity index is 2.04. The van der Waals surface area contributed by atoms with Gasteiger partial charge in [0, 0.05) is 29.3 Å². The highest BCUT2D eigenvalue weighted by molar-refractivity contribution is 5.98. The lowest BCUT2D eigenvalue weighted by atomic mass is 9.95. The van der Waals surface area contributed by atoms with Gasteiger partial charge in [-0.25, -0.2) is 4.79 Å². The molecule has 0 amide bonds. The molecular formula is C25H25NO4. The van der Waals surface area contributed by atoms with E-state index in [4.69, 9.17) is 4.74 Å². The molecule has 1 heterocycles. The third-order valence-corrected chi connectivity index (χ3v) is 5.02. The van der Waals surface area contributed by atoms with E-state index in [1.165, 1.54) is 0 Å². The first-order valence-corrected chi connectivity index (χ1v) is 10.0. The number of carboxylic acid groups (broad SMARTS) is 1. The average Bonchev–Trinajstić information content (AvgIpc) is 2.79. The van der Waals surface area contributed by atoms with Crippen LogP contribution in [0, 0.1) is 0 Å². The fraction of sp³-hybridized carbons (Fsp3) is 0.240. The number of pyridine rings is 1. The number of benzene rings is 2. The maximum absolute atomic E-state index is 12.6. The third-order valence-electron chi connectivity index (χ3n) is 5.02. The van der Waals surface area contributed by atoms with Gasteiger partial charge in [0.1, 0.15) is 5.75 Å². The van der Waals surface area contributed by atoms with Crippen LogP contribution in [-0.2, 0) is 0 Å². The van der Waals surface area contributed by atoms with Crippen LogP contribution in [0.5, 0.6) is 5.75 Å². The molecule has 0 aliphatic carbocycles. The number of ether oxygens (including phenoxy) is 1. The number of unbranched alkanes of at least 4 members (excludes halogenated alkanes) is 2. The zero-order valence-electron chi connectivity index (χ0n) is 17.2. The van der Waals surface area contributed by atoms with Crippen LogP contribution in [0.25, 0.3) is 22.4 Å². The van der Waals surface area contributed by atoms with Crippen LogP contribution < -0.4 is 4.74 Å².